The average Bonchev–Trinajstić information content (AvgIpc) is 3.99. The van der Waals surface area contributed by atoms with Crippen molar-refractivity contribution >= 4 is 47.2 Å². The van der Waals surface area contributed by atoms with Crippen LogP contribution in [-0.4, -0.2) is 81.9 Å². The first-order valence-electron chi connectivity index (χ1n) is 21.4. The molecule has 0 bridgehead atoms. The number of likely N-dealkylation sites (N-methyl/N-ethyl adjacent to an activating group) is 1. The summed E-state index contributed by atoms with van der Waals surface area (Å²) in [7, 11) is 2.72. The Morgan fingerprint density at radius 1 is 1.10 bits per heavy atom. The molecular weight excluding hydrogens is 775 g/mol. The maximum atomic E-state index is 13.5. The SMILES string of the molecule is CC.CCCN(Cc1ncc(-c2cc(C)c3c(c2)OC(c2cnc(C4CCC4)s2)n2c-3cc3cc(B4OC(C)(C)C(C)(C)O4)ccc32)[nH]1)C(=O)C(NC)C(C)C.COC=O. The van der Waals surface area contributed by atoms with Crippen LogP contribution in [0.5, 0.6) is 5.75 Å². The van der Waals surface area contributed by atoms with Gasteiger partial charge in [0.25, 0.3) is 6.47 Å². The molecule has 5 heterocycles. The Balaban J connectivity index is 0.000000951. The number of rotatable bonds is 12. The number of H-pyrrole nitrogens is 1. The van der Waals surface area contributed by atoms with Crippen LogP contribution >= 0.6 is 11.3 Å². The van der Waals surface area contributed by atoms with Gasteiger partial charge in [0.15, 0.2) is 0 Å². The number of ether oxygens (including phenoxy) is 2. The number of carbonyl (C=O) groups excluding carboxylic acids is 2. The number of aromatic amines is 1. The molecule has 322 valence electrons. The van der Waals surface area contributed by atoms with E-state index in [1.165, 1.54) is 31.4 Å². The molecule has 2 fully saturated rings. The zero-order valence-electron chi connectivity index (χ0n) is 37.5. The minimum absolute atomic E-state index is 0.0957. The predicted molar refractivity (Wildman–Crippen MR) is 241 cm³/mol. The van der Waals surface area contributed by atoms with Gasteiger partial charge in [0.05, 0.1) is 63.9 Å². The second-order valence-electron chi connectivity index (χ2n) is 17.0. The number of imidazole rings is 1. The lowest BCUT2D eigenvalue weighted by molar-refractivity contribution is -0.135. The molecule has 3 aliphatic rings. The number of hydrogen-bond acceptors (Lipinski definition) is 10. The number of nitrogens with one attached hydrogen (secondary N) is 2. The van der Waals surface area contributed by atoms with Crippen molar-refractivity contribution in [3.05, 3.63) is 70.1 Å². The lowest BCUT2D eigenvalue weighted by atomic mass is 9.78. The molecule has 3 aromatic heterocycles. The molecule has 2 unspecified atom stereocenters. The van der Waals surface area contributed by atoms with E-state index in [-0.39, 0.29) is 24.1 Å². The molecule has 60 heavy (non-hydrogen) atoms. The van der Waals surface area contributed by atoms with Gasteiger partial charge in [-0.3, -0.25) is 14.2 Å². The molecule has 1 aliphatic carbocycles. The molecule has 1 saturated heterocycles. The fraction of sp³-hybridized carbons (Fsp3) is 0.522. The third-order valence-electron chi connectivity index (χ3n) is 12.1. The van der Waals surface area contributed by atoms with E-state index in [1.54, 1.807) is 11.3 Å². The van der Waals surface area contributed by atoms with Crippen LogP contribution in [0.2, 0.25) is 0 Å². The quantitative estimate of drug-likeness (QED) is 0.0935. The summed E-state index contributed by atoms with van der Waals surface area (Å²) < 4.78 is 26.2. The molecule has 5 aromatic rings. The zero-order chi connectivity index (χ0) is 43.5. The molecule has 12 nitrogen and oxygen atoms in total. The highest BCUT2D eigenvalue weighted by Gasteiger charge is 2.51. The van der Waals surface area contributed by atoms with Gasteiger partial charge >= 0.3 is 7.12 Å². The maximum Gasteiger partial charge on any atom is 0.494 e. The molecule has 2 aromatic carbocycles. The fourth-order valence-electron chi connectivity index (χ4n) is 8.02. The van der Waals surface area contributed by atoms with E-state index in [0.29, 0.717) is 25.5 Å². The van der Waals surface area contributed by atoms with Crippen molar-refractivity contribution in [2.75, 3.05) is 20.7 Å². The van der Waals surface area contributed by atoms with E-state index in [9.17, 15) is 4.79 Å². The van der Waals surface area contributed by atoms with Crippen molar-refractivity contribution in [3.63, 3.8) is 0 Å². The van der Waals surface area contributed by atoms with Crippen LogP contribution in [0.25, 0.3) is 33.4 Å². The second-order valence-corrected chi connectivity index (χ2v) is 18.1. The van der Waals surface area contributed by atoms with Crippen LogP contribution in [-0.2, 0) is 30.2 Å². The molecule has 14 heteroatoms. The van der Waals surface area contributed by atoms with Crippen molar-refractivity contribution in [2.45, 2.75) is 131 Å². The highest BCUT2D eigenvalue weighted by atomic mass is 32.1. The Morgan fingerprint density at radius 3 is 2.40 bits per heavy atom. The Bertz CT molecular complexity index is 2260. The van der Waals surface area contributed by atoms with Crippen LogP contribution in [0.4, 0.5) is 0 Å². The number of nitrogens with zero attached hydrogens (tertiary/aromatic N) is 4. The summed E-state index contributed by atoms with van der Waals surface area (Å²) in [6, 6.07) is 12.9. The third-order valence-corrected chi connectivity index (χ3v) is 13.3. The molecule has 1 amide bonds. The summed E-state index contributed by atoms with van der Waals surface area (Å²) in [5.41, 5.74) is 6.39. The van der Waals surface area contributed by atoms with Crippen LogP contribution in [0.15, 0.2) is 48.8 Å². The number of benzene rings is 2. The number of aromatic nitrogens is 4. The Kier molecular flexibility index (Phi) is 14.0. The summed E-state index contributed by atoms with van der Waals surface area (Å²) in [6.45, 7) is 22.2. The van der Waals surface area contributed by atoms with E-state index in [0.717, 1.165) is 67.3 Å². The smallest absolute Gasteiger partial charge is 0.471 e. The van der Waals surface area contributed by atoms with E-state index in [1.807, 2.05) is 38.2 Å². The summed E-state index contributed by atoms with van der Waals surface area (Å²) in [6.07, 6.45) is 8.05. The molecular formula is C46H63BN6O6S. The molecule has 2 N–H and O–H groups in total. The number of amides is 1. The zero-order valence-corrected chi connectivity index (χ0v) is 38.3. The first-order chi connectivity index (χ1) is 28.7. The van der Waals surface area contributed by atoms with Gasteiger partial charge in [0.2, 0.25) is 12.1 Å². The summed E-state index contributed by atoms with van der Waals surface area (Å²) >= 11 is 1.77. The van der Waals surface area contributed by atoms with E-state index < -0.39 is 18.3 Å². The van der Waals surface area contributed by atoms with Crippen molar-refractivity contribution in [1.82, 2.24) is 29.7 Å². The molecule has 0 radical (unpaired) electrons. The van der Waals surface area contributed by atoms with Crippen LogP contribution in [0.1, 0.15) is 121 Å². The van der Waals surface area contributed by atoms with Gasteiger partial charge in [-0.15, -0.1) is 11.3 Å². The number of aryl methyl sites for hydroxylation is 1. The highest BCUT2D eigenvalue weighted by molar-refractivity contribution is 7.11. The highest BCUT2D eigenvalue weighted by Crippen LogP contribution is 2.49. The van der Waals surface area contributed by atoms with Crippen LogP contribution in [0, 0.1) is 12.8 Å². The van der Waals surface area contributed by atoms with Gasteiger partial charge in [0, 0.05) is 35.2 Å². The summed E-state index contributed by atoms with van der Waals surface area (Å²) in [5, 5.41) is 5.51. The predicted octanol–water partition coefficient (Wildman–Crippen LogP) is 8.77. The first kappa shape index (κ1) is 45.0. The summed E-state index contributed by atoms with van der Waals surface area (Å²) in [4.78, 5) is 38.6. The van der Waals surface area contributed by atoms with Gasteiger partial charge in [-0.2, -0.15) is 0 Å². The van der Waals surface area contributed by atoms with Gasteiger partial charge in [-0.25, -0.2) is 9.97 Å². The number of fused-ring (bicyclic) bond motifs is 5. The Labute approximate surface area is 359 Å². The van der Waals surface area contributed by atoms with Crippen molar-refractivity contribution in [3.8, 4) is 28.3 Å². The van der Waals surface area contributed by atoms with Gasteiger partial charge in [0.1, 0.15) is 11.6 Å². The number of carbonyl (C=O) groups is 2. The van der Waals surface area contributed by atoms with Crippen molar-refractivity contribution < 1.29 is 28.4 Å². The maximum absolute atomic E-state index is 13.5. The second kappa shape index (κ2) is 18.6. The van der Waals surface area contributed by atoms with Crippen LogP contribution < -0.4 is 15.5 Å². The first-order valence-corrected chi connectivity index (χ1v) is 22.3. The molecule has 8 rings (SSSR count). The lowest BCUT2D eigenvalue weighted by Crippen LogP contribution is -2.48. The largest absolute Gasteiger partial charge is 0.494 e. The lowest BCUT2D eigenvalue weighted by Gasteiger charge is -2.32. The number of hydrogen-bond donors (Lipinski definition) is 2. The molecule has 1 saturated carbocycles. The van der Waals surface area contributed by atoms with Crippen molar-refractivity contribution in [2.24, 2.45) is 5.92 Å². The minimum Gasteiger partial charge on any atom is -0.471 e. The normalized spacial score (nSPS) is 17.9. The van der Waals surface area contributed by atoms with E-state index in [4.69, 9.17) is 28.8 Å². The third kappa shape index (κ3) is 8.79. The van der Waals surface area contributed by atoms with Crippen LogP contribution in [0.3, 0.4) is 0 Å². The number of thiazole rings is 1. The van der Waals surface area contributed by atoms with E-state index in [2.05, 4.69) is 111 Å². The minimum atomic E-state index is -0.446. The Morgan fingerprint density at radius 2 is 1.80 bits per heavy atom. The molecule has 0 spiro atoms. The molecule has 2 atom stereocenters. The van der Waals surface area contributed by atoms with Gasteiger partial charge < -0.3 is 34.0 Å². The number of methoxy groups -OCH3 is 1. The Hall–Kier alpha value is -4.50. The topological polar surface area (TPSA) is 133 Å². The average molecular weight is 839 g/mol. The van der Waals surface area contributed by atoms with Crippen molar-refractivity contribution in [1.29, 1.82) is 0 Å². The fourth-order valence-corrected chi connectivity index (χ4v) is 9.13. The summed E-state index contributed by atoms with van der Waals surface area (Å²) in [5.74, 6) is 2.40. The van der Waals surface area contributed by atoms with Gasteiger partial charge in [-0.1, -0.05) is 53.2 Å². The van der Waals surface area contributed by atoms with E-state index >= 15 is 0 Å². The van der Waals surface area contributed by atoms with Gasteiger partial charge in [-0.05, 0) is 102 Å². The monoisotopic (exact) mass is 838 g/mol. The molecule has 2 aliphatic heterocycles. The standard InChI is InChI=1S/C42H53BN6O4S.C2H4O2.C2H6/c1-10-16-48(39(50)37(44-9)24(2)3)23-35-45-21-30(47-35)27-17-25(4)36-32-19-28-18-29(43-52-41(5,6)42(7,8)53-43)14-15-31(28)49(32)40(51-33(36)20-27)34-22-46-38(54-34)26-12-11-13-26;1-4-2-3;1-2/h14-15,17-22,24,26,37,40,44H,10-13,16,23H2,1-9H3,(H,45,47);2H,1H3;1-2H3.